The molecular formula is C8H8F3NO. The highest BCUT2D eigenvalue weighted by Gasteiger charge is 2.31. The summed E-state index contributed by atoms with van der Waals surface area (Å²) in [5.74, 6) is -0.380. The Morgan fingerprint density at radius 2 is 2.08 bits per heavy atom. The molecule has 13 heavy (non-hydrogen) atoms. The molecule has 0 aliphatic rings. The van der Waals surface area contributed by atoms with E-state index >= 15 is 0 Å². The van der Waals surface area contributed by atoms with E-state index in [0.29, 0.717) is 0 Å². The Balaban J connectivity index is 2.86. The summed E-state index contributed by atoms with van der Waals surface area (Å²) < 4.78 is 53.1. The Hall–Kier alpha value is -1.23. The molecule has 0 aliphatic carbocycles. The van der Waals surface area contributed by atoms with Crippen LogP contribution >= 0.6 is 0 Å². The zero-order valence-electron chi connectivity index (χ0n) is 8.51. The van der Waals surface area contributed by atoms with Crippen LogP contribution in [0.15, 0.2) is 24.3 Å². The van der Waals surface area contributed by atoms with Gasteiger partial charge in [-0.05, 0) is 6.07 Å². The quantitative estimate of drug-likeness (QED) is 0.797. The van der Waals surface area contributed by atoms with E-state index in [-0.39, 0.29) is 23.6 Å². The molecule has 5 heteroatoms. The molecule has 0 bridgehead atoms. The van der Waals surface area contributed by atoms with Crippen LogP contribution in [0.1, 0.15) is 5.56 Å². The number of halogens is 3. The van der Waals surface area contributed by atoms with Crippen molar-refractivity contribution in [2.75, 3.05) is 0 Å². The molecule has 0 saturated heterocycles. The predicted octanol–water partition coefficient (Wildman–Crippen LogP) is 2.04. The third-order valence-corrected chi connectivity index (χ3v) is 1.37. The second-order valence-corrected chi connectivity index (χ2v) is 2.31. The summed E-state index contributed by atoms with van der Waals surface area (Å²) in [4.78, 5) is 0. The van der Waals surface area contributed by atoms with Gasteiger partial charge in [0.2, 0.25) is 0 Å². The summed E-state index contributed by atoms with van der Waals surface area (Å²) in [6.07, 6.45) is -4.76. The molecule has 0 unspecified atom stereocenters. The number of hydrogen-bond donors (Lipinski definition) is 1. The first-order valence-corrected chi connectivity index (χ1v) is 3.47. The normalized spacial score (nSPS) is 13.8. The molecule has 0 saturated carbocycles. The minimum absolute atomic E-state index is 0.139. The van der Waals surface area contributed by atoms with Gasteiger partial charge in [-0.25, -0.2) is 0 Å². The van der Waals surface area contributed by atoms with Gasteiger partial charge >= 0.3 is 6.36 Å². The van der Waals surface area contributed by atoms with Crippen LogP contribution in [0.5, 0.6) is 5.75 Å². The van der Waals surface area contributed by atoms with Crippen molar-refractivity contribution in [3.8, 4) is 5.75 Å². The lowest BCUT2D eigenvalue weighted by Gasteiger charge is -2.11. The molecule has 0 fully saturated rings. The van der Waals surface area contributed by atoms with Gasteiger partial charge < -0.3 is 10.5 Å². The highest BCUT2D eigenvalue weighted by atomic mass is 19.4. The highest BCUT2D eigenvalue weighted by molar-refractivity contribution is 5.33. The van der Waals surface area contributed by atoms with Crippen LogP contribution < -0.4 is 10.5 Å². The zero-order chi connectivity index (χ0) is 11.5. The van der Waals surface area contributed by atoms with Gasteiger partial charge in [0.1, 0.15) is 8.57 Å². The molecule has 1 rings (SSSR count). The smallest absolute Gasteiger partial charge is 0.405 e. The van der Waals surface area contributed by atoms with Crippen molar-refractivity contribution in [3.05, 3.63) is 29.8 Å². The topological polar surface area (TPSA) is 35.2 Å². The lowest BCUT2D eigenvalue weighted by molar-refractivity contribution is -0.274. The minimum atomic E-state index is -4.76. The van der Waals surface area contributed by atoms with Crippen LogP contribution in [-0.2, 0) is 6.54 Å². The second-order valence-electron chi connectivity index (χ2n) is 2.31. The molecule has 0 amide bonds. The number of rotatable bonds is 3. The van der Waals surface area contributed by atoms with Crippen LogP contribution in [-0.4, -0.2) is 6.36 Å². The van der Waals surface area contributed by atoms with E-state index < -0.39 is 6.36 Å². The molecule has 0 aromatic heterocycles. The molecule has 72 valence electrons. The SMILES string of the molecule is [2H]N([2H])Cc1ccccc1OC(F)(F)F. The van der Waals surface area contributed by atoms with E-state index in [1.165, 1.54) is 18.2 Å². The van der Waals surface area contributed by atoms with Crippen molar-refractivity contribution in [1.29, 1.82) is 0 Å². The van der Waals surface area contributed by atoms with Gasteiger partial charge in [-0.1, -0.05) is 18.2 Å². The van der Waals surface area contributed by atoms with Gasteiger partial charge in [0, 0.05) is 12.1 Å². The molecule has 2 N–H and O–H groups in total. The molecule has 0 spiro atoms. The van der Waals surface area contributed by atoms with Gasteiger partial charge in [-0.3, -0.25) is 0 Å². The summed E-state index contributed by atoms with van der Waals surface area (Å²) in [7, 11) is 0. The monoisotopic (exact) mass is 193 g/mol. The van der Waals surface area contributed by atoms with Crippen molar-refractivity contribution in [2.45, 2.75) is 12.9 Å². The third kappa shape index (κ3) is 2.95. The first-order chi connectivity index (χ1) is 6.88. The lowest BCUT2D eigenvalue weighted by Crippen LogP contribution is -2.18. The Kier molecular flexibility index (Phi) is 2.02. The first-order valence-electron chi connectivity index (χ1n) is 4.37. The van der Waals surface area contributed by atoms with E-state index in [1.54, 1.807) is 0 Å². The molecule has 2 nitrogen and oxygen atoms in total. The third-order valence-electron chi connectivity index (χ3n) is 1.37. The first kappa shape index (κ1) is 7.20. The minimum Gasteiger partial charge on any atom is -0.405 e. The molecule has 1 aromatic carbocycles. The Bertz CT molecular complexity index is 330. The van der Waals surface area contributed by atoms with Crippen molar-refractivity contribution in [1.82, 2.24) is 0 Å². The van der Waals surface area contributed by atoms with Crippen LogP contribution in [0, 0.1) is 0 Å². The fraction of sp³-hybridized carbons (Fsp3) is 0.250. The summed E-state index contributed by atoms with van der Waals surface area (Å²) in [6, 6.07) is 5.42. The standard InChI is InChI=1S/C8H8F3NO/c9-8(10,11)13-7-4-2-1-3-6(7)5-12/h1-4H,5,12H2/i/hD2. The fourth-order valence-electron chi connectivity index (χ4n) is 0.859. The molecule has 1 aromatic rings. The van der Waals surface area contributed by atoms with Crippen LogP contribution in [0.3, 0.4) is 0 Å². The van der Waals surface area contributed by atoms with E-state index in [9.17, 15) is 13.2 Å². The number of ether oxygens (including phenoxy) is 1. The number of benzene rings is 1. The van der Waals surface area contributed by atoms with Gasteiger partial charge in [0.05, 0.1) is 0 Å². The maximum atomic E-state index is 11.9. The fourth-order valence-corrected chi connectivity index (χ4v) is 0.859. The zero-order valence-corrected chi connectivity index (χ0v) is 6.51. The second kappa shape index (κ2) is 3.66. The number of hydrogen-bond acceptors (Lipinski definition) is 2. The Labute approximate surface area is 76.0 Å². The number of alkyl halides is 3. The molecule has 0 atom stereocenters. The summed E-state index contributed by atoms with van der Waals surface area (Å²) >= 11 is 0. The highest BCUT2D eigenvalue weighted by Crippen LogP contribution is 2.25. The molecule has 0 aliphatic heterocycles. The van der Waals surface area contributed by atoms with Gasteiger partial charge in [-0.15, -0.1) is 13.2 Å². The van der Waals surface area contributed by atoms with Crippen molar-refractivity contribution in [2.24, 2.45) is 5.72 Å². The number of para-hydroxylation sites is 1. The van der Waals surface area contributed by atoms with Crippen molar-refractivity contribution < 1.29 is 20.7 Å². The van der Waals surface area contributed by atoms with Gasteiger partial charge in [0.15, 0.2) is 0 Å². The predicted molar refractivity (Wildman–Crippen MR) is 41.0 cm³/mol. The maximum absolute atomic E-state index is 11.9. The van der Waals surface area contributed by atoms with E-state index in [2.05, 4.69) is 4.74 Å². The Morgan fingerprint density at radius 3 is 2.69 bits per heavy atom. The van der Waals surface area contributed by atoms with Crippen LogP contribution in [0.2, 0.25) is 2.82 Å². The summed E-state index contributed by atoms with van der Waals surface area (Å²) in [5, 5.41) is 0. The van der Waals surface area contributed by atoms with E-state index in [4.69, 9.17) is 2.82 Å². The van der Waals surface area contributed by atoms with Gasteiger partial charge in [0.25, 0.3) is 0 Å². The van der Waals surface area contributed by atoms with Crippen molar-refractivity contribution >= 4 is 0 Å². The average molecular weight is 193 g/mol. The average Bonchev–Trinajstić information content (AvgIpc) is 2.05. The molecular weight excluding hydrogens is 183 g/mol. The van der Waals surface area contributed by atoms with E-state index in [1.807, 2.05) is 0 Å². The Morgan fingerprint density at radius 1 is 1.38 bits per heavy atom. The van der Waals surface area contributed by atoms with Gasteiger partial charge in [-0.2, -0.15) is 0 Å². The number of nitrogens with two attached hydrogens (primary N) is 1. The lowest BCUT2D eigenvalue weighted by atomic mass is 10.2. The summed E-state index contributed by atoms with van der Waals surface area (Å²) in [5.41, 5.74) is 0.415. The largest absolute Gasteiger partial charge is 0.573 e. The molecule has 0 heterocycles. The maximum Gasteiger partial charge on any atom is 0.573 e. The van der Waals surface area contributed by atoms with Crippen molar-refractivity contribution in [3.63, 3.8) is 0 Å². The summed E-state index contributed by atoms with van der Waals surface area (Å²) in [6.45, 7) is -0.258. The van der Waals surface area contributed by atoms with E-state index in [0.717, 1.165) is 6.07 Å². The molecule has 0 radical (unpaired) electrons. The van der Waals surface area contributed by atoms with Crippen LogP contribution in [0.25, 0.3) is 0 Å². The van der Waals surface area contributed by atoms with Crippen LogP contribution in [0.4, 0.5) is 13.2 Å².